The fourth-order valence-electron chi connectivity index (χ4n) is 1.85. The van der Waals surface area contributed by atoms with Crippen molar-refractivity contribution in [3.63, 3.8) is 0 Å². The van der Waals surface area contributed by atoms with Gasteiger partial charge < -0.3 is 5.11 Å². The molecule has 0 saturated heterocycles. The fraction of sp³-hybridized carbons (Fsp3) is 0. The highest BCUT2D eigenvalue weighted by Gasteiger charge is 2.16. The number of aromatic carboxylic acids is 1. The van der Waals surface area contributed by atoms with Gasteiger partial charge in [-0.1, -0.05) is 24.3 Å². The molecule has 1 N–H and O–H groups in total. The summed E-state index contributed by atoms with van der Waals surface area (Å²) in [4.78, 5) is 32.9. The molecule has 0 spiro atoms. The van der Waals surface area contributed by atoms with E-state index >= 15 is 0 Å². The van der Waals surface area contributed by atoms with Gasteiger partial charge in [-0.25, -0.2) is 4.79 Å². The molecule has 2 aromatic rings. The average molecular weight is 228 g/mol. The molecule has 2 aromatic carbocycles. The molecule has 0 saturated carbocycles. The van der Waals surface area contributed by atoms with Crippen LogP contribution in [0.15, 0.2) is 30.3 Å². The lowest BCUT2D eigenvalue weighted by molar-refractivity contribution is 0.0696. The first-order chi connectivity index (χ1) is 8.19. The Labute approximate surface area is 96.5 Å². The number of carbonyl (C=O) groups excluding carboxylic acids is 2. The van der Waals surface area contributed by atoms with E-state index < -0.39 is 5.97 Å². The van der Waals surface area contributed by atoms with Crippen molar-refractivity contribution in [2.75, 3.05) is 0 Å². The molecule has 4 nitrogen and oxygen atoms in total. The lowest BCUT2D eigenvalue weighted by Crippen LogP contribution is -2.04. The standard InChI is InChI=1S/C13H8O4/c14-6-8-5-9(7-15)12(13(16)17)11-4-2-1-3-10(8)11/h1-7H,(H,16,17). The Morgan fingerprint density at radius 1 is 1.00 bits per heavy atom. The van der Waals surface area contributed by atoms with Gasteiger partial charge in [-0.15, -0.1) is 0 Å². The monoisotopic (exact) mass is 228 g/mol. The van der Waals surface area contributed by atoms with Crippen molar-refractivity contribution in [2.24, 2.45) is 0 Å². The molecule has 17 heavy (non-hydrogen) atoms. The van der Waals surface area contributed by atoms with Gasteiger partial charge in [0.15, 0.2) is 12.6 Å². The van der Waals surface area contributed by atoms with E-state index in [2.05, 4.69) is 0 Å². The molecule has 0 aliphatic rings. The molecular weight excluding hydrogens is 220 g/mol. The van der Waals surface area contributed by atoms with Gasteiger partial charge in [0.1, 0.15) is 0 Å². The van der Waals surface area contributed by atoms with Gasteiger partial charge in [-0.05, 0) is 16.8 Å². The van der Waals surface area contributed by atoms with E-state index in [-0.39, 0.29) is 11.1 Å². The first kappa shape index (κ1) is 11.0. The summed E-state index contributed by atoms with van der Waals surface area (Å²) in [5, 5.41) is 10.0. The van der Waals surface area contributed by atoms with Crippen LogP contribution < -0.4 is 0 Å². The maximum Gasteiger partial charge on any atom is 0.337 e. The van der Waals surface area contributed by atoms with Crippen LogP contribution in [0.1, 0.15) is 31.1 Å². The zero-order chi connectivity index (χ0) is 12.4. The Morgan fingerprint density at radius 3 is 2.12 bits per heavy atom. The molecule has 84 valence electrons. The van der Waals surface area contributed by atoms with Crippen LogP contribution >= 0.6 is 0 Å². The van der Waals surface area contributed by atoms with Crippen LogP contribution in [-0.2, 0) is 0 Å². The highest BCUT2D eigenvalue weighted by atomic mass is 16.4. The smallest absolute Gasteiger partial charge is 0.337 e. The second kappa shape index (κ2) is 4.17. The number of rotatable bonds is 3. The quantitative estimate of drug-likeness (QED) is 0.817. The van der Waals surface area contributed by atoms with Crippen molar-refractivity contribution in [1.82, 2.24) is 0 Å². The van der Waals surface area contributed by atoms with Crippen LogP contribution in [0, 0.1) is 0 Å². The molecule has 0 unspecified atom stereocenters. The fourth-order valence-corrected chi connectivity index (χ4v) is 1.85. The topological polar surface area (TPSA) is 71.4 Å². The molecule has 0 bridgehead atoms. The third-order valence-corrected chi connectivity index (χ3v) is 2.57. The summed E-state index contributed by atoms with van der Waals surface area (Å²) in [5.41, 5.74) is 0.257. The maximum atomic E-state index is 11.1. The van der Waals surface area contributed by atoms with Crippen molar-refractivity contribution in [3.8, 4) is 0 Å². The van der Waals surface area contributed by atoms with E-state index in [1.165, 1.54) is 6.07 Å². The zero-order valence-electron chi connectivity index (χ0n) is 8.71. The molecule has 0 amide bonds. The summed E-state index contributed by atoms with van der Waals surface area (Å²) in [6, 6.07) is 7.91. The van der Waals surface area contributed by atoms with Crippen molar-refractivity contribution in [1.29, 1.82) is 0 Å². The zero-order valence-corrected chi connectivity index (χ0v) is 8.71. The average Bonchev–Trinajstić information content (AvgIpc) is 2.36. The predicted octanol–water partition coefficient (Wildman–Crippen LogP) is 2.16. The molecule has 0 aromatic heterocycles. The van der Waals surface area contributed by atoms with Gasteiger partial charge >= 0.3 is 5.97 Å². The molecule has 0 fully saturated rings. The Bertz CT molecular complexity index is 629. The van der Waals surface area contributed by atoms with E-state index in [4.69, 9.17) is 5.11 Å². The van der Waals surface area contributed by atoms with Crippen molar-refractivity contribution >= 4 is 29.3 Å². The summed E-state index contributed by atoms with van der Waals surface area (Å²) < 4.78 is 0. The molecule has 4 heteroatoms. The Morgan fingerprint density at radius 2 is 1.59 bits per heavy atom. The summed E-state index contributed by atoms with van der Waals surface area (Å²) in [5.74, 6) is -1.18. The normalized spacial score (nSPS) is 10.1. The van der Waals surface area contributed by atoms with Crippen molar-refractivity contribution in [3.05, 3.63) is 47.0 Å². The van der Waals surface area contributed by atoms with Crippen molar-refractivity contribution in [2.45, 2.75) is 0 Å². The minimum Gasteiger partial charge on any atom is -0.478 e. The second-order valence-corrected chi connectivity index (χ2v) is 3.52. The van der Waals surface area contributed by atoms with E-state index in [1.54, 1.807) is 24.3 Å². The lowest BCUT2D eigenvalue weighted by Gasteiger charge is -2.07. The summed E-state index contributed by atoms with van der Waals surface area (Å²) >= 11 is 0. The molecule has 2 rings (SSSR count). The number of fused-ring (bicyclic) bond motifs is 1. The Balaban J connectivity index is 3.00. The first-order valence-corrected chi connectivity index (χ1v) is 4.88. The van der Waals surface area contributed by atoms with Crippen LogP contribution in [-0.4, -0.2) is 23.6 Å². The van der Waals surface area contributed by atoms with E-state index in [0.717, 1.165) is 0 Å². The van der Waals surface area contributed by atoms with Gasteiger partial charge in [0, 0.05) is 11.1 Å². The Kier molecular flexibility index (Phi) is 2.70. The number of carboxylic acids is 1. The van der Waals surface area contributed by atoms with Gasteiger partial charge in [-0.3, -0.25) is 9.59 Å². The first-order valence-electron chi connectivity index (χ1n) is 4.88. The van der Waals surface area contributed by atoms with Crippen LogP contribution in [0.5, 0.6) is 0 Å². The highest BCUT2D eigenvalue weighted by Crippen LogP contribution is 2.24. The van der Waals surface area contributed by atoms with Crippen LogP contribution in [0.3, 0.4) is 0 Å². The summed E-state index contributed by atoms with van der Waals surface area (Å²) in [6.45, 7) is 0. The van der Waals surface area contributed by atoms with E-state index in [0.29, 0.717) is 28.9 Å². The van der Waals surface area contributed by atoms with Gasteiger partial charge in [0.05, 0.1) is 5.56 Å². The third kappa shape index (κ3) is 1.69. The molecule has 0 atom stereocenters. The summed E-state index contributed by atoms with van der Waals surface area (Å²) in [6.07, 6.45) is 1.06. The lowest BCUT2D eigenvalue weighted by atomic mass is 9.95. The second-order valence-electron chi connectivity index (χ2n) is 3.52. The molecular formula is C13H8O4. The van der Waals surface area contributed by atoms with Gasteiger partial charge in [0.25, 0.3) is 0 Å². The van der Waals surface area contributed by atoms with E-state index in [1.807, 2.05) is 0 Å². The molecule has 0 aliphatic carbocycles. The SMILES string of the molecule is O=Cc1cc(C=O)c2ccccc2c1C(=O)O. The number of carbonyl (C=O) groups is 3. The van der Waals surface area contributed by atoms with Gasteiger partial charge in [-0.2, -0.15) is 0 Å². The van der Waals surface area contributed by atoms with Crippen LogP contribution in [0.25, 0.3) is 10.8 Å². The van der Waals surface area contributed by atoms with Crippen LogP contribution in [0.2, 0.25) is 0 Å². The number of benzene rings is 2. The van der Waals surface area contributed by atoms with Crippen molar-refractivity contribution < 1.29 is 19.5 Å². The van der Waals surface area contributed by atoms with Gasteiger partial charge in [0.2, 0.25) is 0 Å². The third-order valence-electron chi connectivity index (χ3n) is 2.57. The highest BCUT2D eigenvalue weighted by molar-refractivity contribution is 6.13. The molecule has 0 aliphatic heterocycles. The summed E-state index contributed by atoms with van der Waals surface area (Å²) in [7, 11) is 0. The molecule has 0 heterocycles. The minimum absolute atomic E-state index is 0.0123. The predicted molar refractivity (Wildman–Crippen MR) is 61.7 cm³/mol. The molecule has 0 radical (unpaired) electrons. The Hall–Kier alpha value is -2.49. The minimum atomic E-state index is -1.18. The largest absolute Gasteiger partial charge is 0.478 e. The van der Waals surface area contributed by atoms with E-state index in [9.17, 15) is 14.4 Å². The number of hydrogen-bond donors (Lipinski definition) is 1. The van der Waals surface area contributed by atoms with Crippen LogP contribution in [0.4, 0.5) is 0 Å². The number of carboxylic acid groups (broad SMARTS) is 1. The number of aldehydes is 2. The maximum absolute atomic E-state index is 11.1. The number of hydrogen-bond acceptors (Lipinski definition) is 3.